The number of carbonyl (C=O) groups is 1. The van der Waals surface area contributed by atoms with Crippen LogP contribution in [0.5, 0.6) is 0 Å². The standard InChI is InChI=1S/C15H28N2O/c1-12-6-8-14(9-7-12)16(3)15(18)17-10-4-5-13(2)11-17/h12-14H,4-11H2,1-3H3. The van der Waals surface area contributed by atoms with E-state index >= 15 is 0 Å². The topological polar surface area (TPSA) is 23.6 Å². The second-order valence-corrected chi connectivity index (χ2v) is 6.50. The van der Waals surface area contributed by atoms with Crippen LogP contribution in [0.25, 0.3) is 0 Å². The zero-order valence-corrected chi connectivity index (χ0v) is 12.2. The van der Waals surface area contributed by atoms with E-state index in [1.807, 2.05) is 11.9 Å². The average molecular weight is 252 g/mol. The highest BCUT2D eigenvalue weighted by molar-refractivity contribution is 5.74. The number of hydrogen-bond donors (Lipinski definition) is 0. The molecular weight excluding hydrogens is 224 g/mol. The monoisotopic (exact) mass is 252 g/mol. The van der Waals surface area contributed by atoms with Gasteiger partial charge in [0.1, 0.15) is 0 Å². The minimum atomic E-state index is 0.265. The van der Waals surface area contributed by atoms with Crippen molar-refractivity contribution in [2.24, 2.45) is 11.8 Å². The summed E-state index contributed by atoms with van der Waals surface area (Å²) < 4.78 is 0. The van der Waals surface area contributed by atoms with Gasteiger partial charge in [-0.15, -0.1) is 0 Å². The van der Waals surface area contributed by atoms with Crippen molar-refractivity contribution in [1.29, 1.82) is 0 Å². The number of likely N-dealkylation sites (tertiary alicyclic amines) is 1. The largest absolute Gasteiger partial charge is 0.325 e. The molecule has 0 spiro atoms. The third kappa shape index (κ3) is 3.18. The molecular formula is C15H28N2O. The van der Waals surface area contributed by atoms with Crippen LogP contribution in [-0.2, 0) is 0 Å². The summed E-state index contributed by atoms with van der Waals surface area (Å²) in [5.41, 5.74) is 0. The third-order valence-corrected chi connectivity index (χ3v) is 4.76. The molecule has 0 radical (unpaired) electrons. The molecule has 0 aromatic rings. The van der Waals surface area contributed by atoms with Gasteiger partial charge in [-0.05, 0) is 50.4 Å². The van der Waals surface area contributed by atoms with Crippen LogP contribution in [0.3, 0.4) is 0 Å². The first-order chi connectivity index (χ1) is 8.58. The molecule has 2 aliphatic rings. The van der Waals surface area contributed by atoms with Crippen LogP contribution in [0.15, 0.2) is 0 Å². The Kier molecular flexibility index (Phi) is 4.52. The van der Waals surface area contributed by atoms with Gasteiger partial charge in [0.15, 0.2) is 0 Å². The second-order valence-electron chi connectivity index (χ2n) is 6.50. The number of carbonyl (C=O) groups excluding carboxylic acids is 1. The lowest BCUT2D eigenvalue weighted by Crippen LogP contribution is -2.49. The SMILES string of the molecule is CC1CCC(N(C)C(=O)N2CCCC(C)C2)CC1. The van der Waals surface area contributed by atoms with Gasteiger partial charge in [0.25, 0.3) is 0 Å². The molecule has 0 aromatic carbocycles. The number of hydrogen-bond acceptors (Lipinski definition) is 1. The predicted octanol–water partition coefficient (Wildman–Crippen LogP) is 3.35. The molecule has 2 rings (SSSR count). The van der Waals surface area contributed by atoms with E-state index in [0.717, 1.165) is 19.0 Å². The van der Waals surface area contributed by atoms with Gasteiger partial charge in [0.05, 0.1) is 0 Å². The molecule has 3 heteroatoms. The zero-order chi connectivity index (χ0) is 13.1. The summed E-state index contributed by atoms with van der Waals surface area (Å²) >= 11 is 0. The van der Waals surface area contributed by atoms with Gasteiger partial charge in [-0.2, -0.15) is 0 Å². The maximum absolute atomic E-state index is 12.5. The molecule has 3 nitrogen and oxygen atoms in total. The van der Waals surface area contributed by atoms with E-state index in [4.69, 9.17) is 0 Å². The Bertz CT molecular complexity index is 284. The first-order valence-electron chi connectivity index (χ1n) is 7.59. The Morgan fingerprint density at radius 2 is 1.72 bits per heavy atom. The van der Waals surface area contributed by atoms with Crippen molar-refractivity contribution in [2.75, 3.05) is 20.1 Å². The highest BCUT2D eigenvalue weighted by Gasteiger charge is 2.29. The molecule has 0 N–H and O–H groups in total. The summed E-state index contributed by atoms with van der Waals surface area (Å²) in [5, 5.41) is 0. The van der Waals surface area contributed by atoms with Gasteiger partial charge in [-0.3, -0.25) is 0 Å². The smallest absolute Gasteiger partial charge is 0.319 e. The van der Waals surface area contributed by atoms with Crippen molar-refractivity contribution in [3.63, 3.8) is 0 Å². The number of amides is 2. The molecule has 2 fully saturated rings. The second kappa shape index (κ2) is 5.94. The van der Waals surface area contributed by atoms with Gasteiger partial charge < -0.3 is 9.80 Å². The fourth-order valence-corrected chi connectivity index (χ4v) is 3.37. The first-order valence-corrected chi connectivity index (χ1v) is 7.59. The first kappa shape index (κ1) is 13.7. The van der Waals surface area contributed by atoms with Crippen molar-refractivity contribution in [3.05, 3.63) is 0 Å². The number of nitrogens with zero attached hydrogens (tertiary/aromatic N) is 2. The maximum atomic E-state index is 12.5. The van der Waals surface area contributed by atoms with Gasteiger partial charge in [0, 0.05) is 26.2 Å². The fraction of sp³-hybridized carbons (Fsp3) is 0.933. The Hall–Kier alpha value is -0.730. The minimum Gasteiger partial charge on any atom is -0.325 e. The molecule has 1 aliphatic heterocycles. The van der Waals surface area contributed by atoms with Crippen LogP contribution in [0.2, 0.25) is 0 Å². The molecule has 1 heterocycles. The van der Waals surface area contributed by atoms with E-state index in [9.17, 15) is 4.79 Å². The molecule has 0 bridgehead atoms. The Balaban J connectivity index is 1.87. The summed E-state index contributed by atoms with van der Waals surface area (Å²) in [6.07, 6.45) is 7.37. The van der Waals surface area contributed by atoms with Gasteiger partial charge in [-0.25, -0.2) is 4.79 Å². The molecule has 1 atom stereocenters. The molecule has 1 aliphatic carbocycles. The van der Waals surface area contributed by atoms with Crippen molar-refractivity contribution < 1.29 is 4.79 Å². The van der Waals surface area contributed by atoms with E-state index in [-0.39, 0.29) is 6.03 Å². The van der Waals surface area contributed by atoms with Crippen LogP contribution in [0.1, 0.15) is 52.4 Å². The third-order valence-electron chi connectivity index (χ3n) is 4.76. The molecule has 2 amide bonds. The van der Waals surface area contributed by atoms with E-state index in [2.05, 4.69) is 18.7 Å². The normalized spacial score (nSPS) is 33.3. The number of rotatable bonds is 1. The van der Waals surface area contributed by atoms with Crippen LogP contribution in [0, 0.1) is 11.8 Å². The van der Waals surface area contributed by atoms with Gasteiger partial charge in [0.2, 0.25) is 0 Å². The lowest BCUT2D eigenvalue weighted by Gasteiger charge is -2.39. The Morgan fingerprint density at radius 1 is 1.06 bits per heavy atom. The van der Waals surface area contributed by atoms with Crippen LogP contribution in [-0.4, -0.2) is 42.0 Å². The predicted molar refractivity (Wildman–Crippen MR) is 74.6 cm³/mol. The molecule has 18 heavy (non-hydrogen) atoms. The summed E-state index contributed by atoms with van der Waals surface area (Å²) in [4.78, 5) is 16.6. The summed E-state index contributed by atoms with van der Waals surface area (Å²) in [6, 6.07) is 0.743. The maximum Gasteiger partial charge on any atom is 0.319 e. The summed E-state index contributed by atoms with van der Waals surface area (Å²) in [5.74, 6) is 1.52. The fourth-order valence-electron chi connectivity index (χ4n) is 3.37. The Labute approximate surface area is 112 Å². The highest BCUT2D eigenvalue weighted by Crippen LogP contribution is 2.27. The quantitative estimate of drug-likeness (QED) is 0.702. The van der Waals surface area contributed by atoms with E-state index < -0.39 is 0 Å². The molecule has 1 saturated carbocycles. The molecule has 1 saturated heterocycles. The highest BCUT2D eigenvalue weighted by atomic mass is 16.2. The van der Waals surface area contributed by atoms with Crippen molar-refractivity contribution >= 4 is 6.03 Å². The van der Waals surface area contributed by atoms with Crippen molar-refractivity contribution in [3.8, 4) is 0 Å². The molecule has 1 unspecified atom stereocenters. The number of piperidine rings is 1. The Morgan fingerprint density at radius 3 is 2.33 bits per heavy atom. The lowest BCUT2D eigenvalue weighted by molar-refractivity contribution is 0.112. The molecule has 104 valence electrons. The van der Waals surface area contributed by atoms with Crippen molar-refractivity contribution in [1.82, 2.24) is 9.80 Å². The number of urea groups is 1. The van der Waals surface area contributed by atoms with Gasteiger partial charge >= 0.3 is 6.03 Å². The van der Waals surface area contributed by atoms with E-state index in [0.29, 0.717) is 12.0 Å². The summed E-state index contributed by atoms with van der Waals surface area (Å²) in [7, 11) is 2.00. The van der Waals surface area contributed by atoms with Crippen LogP contribution in [0.4, 0.5) is 4.79 Å². The summed E-state index contributed by atoms with van der Waals surface area (Å²) in [6.45, 7) is 6.48. The zero-order valence-electron chi connectivity index (χ0n) is 12.2. The molecule has 0 aromatic heterocycles. The van der Waals surface area contributed by atoms with Crippen LogP contribution < -0.4 is 0 Å². The van der Waals surface area contributed by atoms with Crippen LogP contribution >= 0.6 is 0 Å². The average Bonchev–Trinajstić information content (AvgIpc) is 2.38. The van der Waals surface area contributed by atoms with Gasteiger partial charge in [-0.1, -0.05) is 13.8 Å². The lowest BCUT2D eigenvalue weighted by atomic mass is 9.87. The van der Waals surface area contributed by atoms with E-state index in [1.54, 1.807) is 0 Å². The van der Waals surface area contributed by atoms with Crippen molar-refractivity contribution in [2.45, 2.75) is 58.4 Å². The minimum absolute atomic E-state index is 0.265. The van der Waals surface area contributed by atoms with E-state index in [1.165, 1.54) is 38.5 Å².